The summed E-state index contributed by atoms with van der Waals surface area (Å²) in [7, 11) is -3.97. The zero-order valence-corrected chi connectivity index (χ0v) is 19.5. The lowest BCUT2D eigenvalue weighted by atomic mass is 10.1. The molecule has 1 aromatic carbocycles. The summed E-state index contributed by atoms with van der Waals surface area (Å²) in [4.78, 5) is 37.5. The number of rotatable bonds is 10. The predicted molar refractivity (Wildman–Crippen MR) is 119 cm³/mol. The molecular formula is C21H28N3O8P. The smallest absolute Gasteiger partial charge is 0.459 e. The quantitative estimate of drug-likeness (QED) is 0.386. The Morgan fingerprint density at radius 2 is 2.00 bits per heavy atom. The summed E-state index contributed by atoms with van der Waals surface area (Å²) >= 11 is 0. The van der Waals surface area contributed by atoms with Crippen LogP contribution in [0.4, 0.5) is 0 Å². The van der Waals surface area contributed by atoms with Crippen molar-refractivity contribution in [3.8, 4) is 5.75 Å². The van der Waals surface area contributed by atoms with Gasteiger partial charge in [0.1, 0.15) is 18.5 Å². The number of para-hydroxylation sites is 1. The first-order chi connectivity index (χ1) is 15.6. The van der Waals surface area contributed by atoms with Gasteiger partial charge >= 0.3 is 19.4 Å². The molecule has 1 fully saturated rings. The Morgan fingerprint density at radius 3 is 2.67 bits per heavy atom. The number of hydrogen-bond acceptors (Lipinski definition) is 8. The molecule has 2 aromatic rings. The molecule has 1 aliphatic heterocycles. The van der Waals surface area contributed by atoms with Gasteiger partial charge in [0.25, 0.3) is 5.56 Å². The first-order valence-electron chi connectivity index (χ1n) is 10.6. The van der Waals surface area contributed by atoms with Gasteiger partial charge < -0.3 is 14.0 Å². The van der Waals surface area contributed by atoms with Crippen molar-refractivity contribution in [1.82, 2.24) is 14.6 Å². The summed E-state index contributed by atoms with van der Waals surface area (Å²) in [5, 5.41) is 2.53. The molecule has 0 radical (unpaired) electrons. The molecule has 1 saturated heterocycles. The van der Waals surface area contributed by atoms with E-state index in [1.165, 1.54) is 16.8 Å². The van der Waals surface area contributed by atoms with Gasteiger partial charge in [-0.1, -0.05) is 25.1 Å². The molecule has 0 saturated carbocycles. The molecule has 11 nitrogen and oxygen atoms in total. The Kier molecular flexibility index (Phi) is 8.25. The Labute approximate surface area is 190 Å². The topological polar surface area (TPSA) is 138 Å². The van der Waals surface area contributed by atoms with Gasteiger partial charge in [0.2, 0.25) is 0 Å². The van der Waals surface area contributed by atoms with Crippen molar-refractivity contribution in [3.05, 3.63) is 63.4 Å². The summed E-state index contributed by atoms with van der Waals surface area (Å²) in [5.41, 5.74) is -1.08. The molecule has 180 valence electrons. The van der Waals surface area contributed by atoms with E-state index in [1.54, 1.807) is 44.2 Å². The van der Waals surface area contributed by atoms with E-state index in [0.717, 1.165) is 0 Å². The number of nitrogens with one attached hydrogen (secondary N) is 2. The van der Waals surface area contributed by atoms with E-state index in [4.69, 9.17) is 18.5 Å². The van der Waals surface area contributed by atoms with Crippen molar-refractivity contribution in [3.63, 3.8) is 0 Å². The highest BCUT2D eigenvalue weighted by Crippen LogP contribution is 2.45. The van der Waals surface area contributed by atoms with Gasteiger partial charge in [-0.05, 0) is 32.4 Å². The van der Waals surface area contributed by atoms with Crippen molar-refractivity contribution in [1.29, 1.82) is 0 Å². The third-order valence-electron chi connectivity index (χ3n) is 4.76. The Balaban J connectivity index is 1.66. The second-order valence-corrected chi connectivity index (χ2v) is 9.70. The van der Waals surface area contributed by atoms with Crippen LogP contribution in [0.3, 0.4) is 0 Å². The number of nitrogens with zero attached hydrogens (tertiary/aromatic N) is 1. The largest absolute Gasteiger partial charge is 0.462 e. The second kappa shape index (κ2) is 10.9. The number of aromatic amines is 1. The van der Waals surface area contributed by atoms with Crippen LogP contribution in [0.25, 0.3) is 0 Å². The van der Waals surface area contributed by atoms with Crippen molar-refractivity contribution in [2.24, 2.45) is 5.92 Å². The molecule has 0 bridgehead atoms. The van der Waals surface area contributed by atoms with Crippen LogP contribution in [0.5, 0.6) is 5.75 Å². The van der Waals surface area contributed by atoms with E-state index >= 15 is 0 Å². The van der Waals surface area contributed by atoms with E-state index in [-0.39, 0.29) is 25.2 Å². The predicted octanol–water partition coefficient (Wildman–Crippen LogP) is 2.21. The molecule has 1 unspecified atom stereocenters. The summed E-state index contributed by atoms with van der Waals surface area (Å²) < 4.78 is 36.8. The van der Waals surface area contributed by atoms with E-state index in [0.29, 0.717) is 12.2 Å². The number of hydrogen-bond donors (Lipinski definition) is 2. The van der Waals surface area contributed by atoms with Gasteiger partial charge in [-0.3, -0.25) is 23.7 Å². The maximum absolute atomic E-state index is 13.3. The summed E-state index contributed by atoms with van der Waals surface area (Å²) in [6.45, 7) is 4.81. The third kappa shape index (κ3) is 7.13. The maximum atomic E-state index is 13.3. The van der Waals surface area contributed by atoms with E-state index in [9.17, 15) is 18.9 Å². The standard InChI is InChI=1S/C21H28N3O8P/c1-14(2)30-19(26)12-22-33(28,32-16-7-5-4-6-8-16)29-13-17-11-15(3)20(31-17)24-10-9-18(25)23-21(24)27/h4-10,14-15,17,20H,11-13H2,1-3H3,(H,22,28)(H,23,25,27)/t15-,17-,20+,33?/m0/s1. The number of H-pyrrole nitrogens is 1. The number of aromatic nitrogens is 2. The first kappa shape index (κ1) is 24.9. The van der Waals surface area contributed by atoms with Crippen LogP contribution in [0.15, 0.2) is 52.2 Å². The lowest BCUT2D eigenvalue weighted by molar-refractivity contribution is -0.145. The molecular weight excluding hydrogens is 453 g/mol. The second-order valence-electron chi connectivity index (χ2n) is 7.95. The van der Waals surface area contributed by atoms with Crippen LogP contribution >= 0.6 is 7.75 Å². The van der Waals surface area contributed by atoms with Crippen molar-refractivity contribution in [2.45, 2.75) is 45.6 Å². The zero-order chi connectivity index (χ0) is 24.0. The van der Waals surface area contributed by atoms with Gasteiger partial charge in [0, 0.05) is 18.2 Å². The molecule has 0 amide bonds. The number of ether oxygens (including phenoxy) is 2. The molecule has 0 aliphatic carbocycles. The molecule has 33 heavy (non-hydrogen) atoms. The lowest BCUT2D eigenvalue weighted by Gasteiger charge is -2.22. The highest BCUT2D eigenvalue weighted by atomic mass is 31.2. The van der Waals surface area contributed by atoms with Crippen LogP contribution in [0.2, 0.25) is 0 Å². The maximum Gasteiger partial charge on any atom is 0.459 e. The Morgan fingerprint density at radius 1 is 1.27 bits per heavy atom. The van der Waals surface area contributed by atoms with Gasteiger partial charge in [0.05, 0.1) is 18.8 Å². The summed E-state index contributed by atoms with van der Waals surface area (Å²) in [6.07, 6.45) is 0.442. The van der Waals surface area contributed by atoms with E-state index < -0.39 is 37.3 Å². The molecule has 2 heterocycles. The van der Waals surface area contributed by atoms with Gasteiger partial charge in [-0.25, -0.2) is 14.4 Å². The van der Waals surface area contributed by atoms with Gasteiger partial charge in [-0.15, -0.1) is 0 Å². The van der Waals surface area contributed by atoms with Gasteiger partial charge in [0.15, 0.2) is 0 Å². The SMILES string of the molecule is CC(C)OC(=O)CNP(=O)(OC[C@@H]1C[C@H](C)[C@H](n2ccc(=O)[nH]c2=O)O1)Oc1ccccc1. The number of benzene rings is 1. The fourth-order valence-corrected chi connectivity index (χ4v) is 4.66. The Hall–Kier alpha value is -2.72. The van der Waals surface area contributed by atoms with Crippen LogP contribution < -0.4 is 20.9 Å². The van der Waals surface area contributed by atoms with Crippen molar-refractivity contribution >= 4 is 13.7 Å². The monoisotopic (exact) mass is 481 g/mol. The Bertz CT molecular complexity index is 1100. The fourth-order valence-electron chi connectivity index (χ4n) is 3.36. The number of carbonyl (C=O) groups is 1. The fraction of sp³-hybridized carbons (Fsp3) is 0.476. The molecule has 2 N–H and O–H groups in total. The zero-order valence-electron chi connectivity index (χ0n) is 18.6. The first-order valence-corrected chi connectivity index (χ1v) is 12.1. The van der Waals surface area contributed by atoms with E-state index in [2.05, 4.69) is 10.1 Å². The highest BCUT2D eigenvalue weighted by molar-refractivity contribution is 7.52. The van der Waals surface area contributed by atoms with Crippen molar-refractivity contribution < 1.29 is 27.9 Å². The summed E-state index contributed by atoms with van der Waals surface area (Å²) in [6, 6.07) is 9.65. The molecule has 1 aliphatic rings. The van der Waals surface area contributed by atoms with Gasteiger partial charge in [-0.2, -0.15) is 0 Å². The normalized spacial score (nSPS) is 22.1. The average molecular weight is 481 g/mol. The van der Waals surface area contributed by atoms with Crippen LogP contribution in [-0.4, -0.2) is 40.9 Å². The van der Waals surface area contributed by atoms with Crippen LogP contribution in [-0.2, 0) is 23.4 Å². The molecule has 1 aromatic heterocycles. The average Bonchev–Trinajstić information content (AvgIpc) is 3.12. The van der Waals surface area contributed by atoms with Crippen LogP contribution in [0.1, 0.15) is 33.4 Å². The van der Waals surface area contributed by atoms with E-state index in [1.807, 2.05) is 6.92 Å². The van der Waals surface area contributed by atoms with Crippen LogP contribution in [0, 0.1) is 5.92 Å². The number of carbonyl (C=O) groups excluding carboxylic acids is 1. The molecule has 4 atom stereocenters. The molecule has 3 rings (SSSR count). The lowest BCUT2D eigenvalue weighted by Crippen LogP contribution is -2.33. The molecule has 12 heteroatoms. The highest BCUT2D eigenvalue weighted by Gasteiger charge is 2.37. The number of esters is 1. The minimum Gasteiger partial charge on any atom is -0.462 e. The summed E-state index contributed by atoms with van der Waals surface area (Å²) in [5.74, 6) is -0.386. The minimum atomic E-state index is -3.97. The van der Waals surface area contributed by atoms with Crippen molar-refractivity contribution in [2.75, 3.05) is 13.2 Å². The minimum absolute atomic E-state index is 0.0781. The molecule has 0 spiro atoms. The third-order valence-corrected chi connectivity index (χ3v) is 6.25.